The van der Waals surface area contributed by atoms with E-state index in [1.807, 2.05) is 11.8 Å². The van der Waals surface area contributed by atoms with Crippen LogP contribution < -0.4 is 5.32 Å². The largest absolute Gasteiger partial charge is 0.395 e. The van der Waals surface area contributed by atoms with Crippen LogP contribution in [-0.4, -0.2) is 59.8 Å². The minimum Gasteiger partial charge on any atom is -0.395 e. The van der Waals surface area contributed by atoms with Crippen molar-refractivity contribution in [2.24, 2.45) is 0 Å². The van der Waals surface area contributed by atoms with Crippen LogP contribution in [0.3, 0.4) is 0 Å². The molecule has 2 atom stereocenters. The van der Waals surface area contributed by atoms with E-state index in [2.05, 4.69) is 10.2 Å². The second-order valence-corrected chi connectivity index (χ2v) is 4.57. The van der Waals surface area contributed by atoms with E-state index in [9.17, 15) is 0 Å². The standard InChI is InChI=1S/C8H16N2OS/c11-5-7-8-6-12-4-3-10(8)2-1-9-7/h7-9,11H,1-6H2. The first-order valence-corrected chi connectivity index (χ1v) is 5.73. The normalized spacial score (nSPS) is 37.8. The Hall–Kier alpha value is 0.230. The SMILES string of the molecule is OCC1NCCN2CCSCC12. The molecule has 2 rings (SSSR count). The zero-order valence-corrected chi connectivity index (χ0v) is 8.02. The Bertz CT molecular complexity index is 147. The van der Waals surface area contributed by atoms with Gasteiger partial charge in [-0.1, -0.05) is 0 Å². The number of piperazine rings is 1. The van der Waals surface area contributed by atoms with Crippen molar-refractivity contribution in [2.75, 3.05) is 37.7 Å². The van der Waals surface area contributed by atoms with Gasteiger partial charge < -0.3 is 10.4 Å². The number of nitrogens with one attached hydrogen (secondary N) is 1. The fraction of sp³-hybridized carbons (Fsp3) is 1.00. The lowest BCUT2D eigenvalue weighted by atomic mass is 10.1. The fourth-order valence-electron chi connectivity index (χ4n) is 2.02. The number of aliphatic hydroxyl groups is 1. The summed E-state index contributed by atoms with van der Waals surface area (Å²) >= 11 is 2.01. The molecule has 0 aromatic carbocycles. The van der Waals surface area contributed by atoms with E-state index in [0.717, 1.165) is 13.1 Å². The summed E-state index contributed by atoms with van der Waals surface area (Å²) in [5, 5.41) is 12.5. The maximum atomic E-state index is 9.13. The highest BCUT2D eigenvalue weighted by atomic mass is 32.2. The van der Waals surface area contributed by atoms with Crippen molar-refractivity contribution in [3.05, 3.63) is 0 Å². The molecule has 0 amide bonds. The molecule has 0 aliphatic carbocycles. The van der Waals surface area contributed by atoms with Crippen LogP contribution in [0.5, 0.6) is 0 Å². The Kier molecular flexibility index (Phi) is 2.91. The van der Waals surface area contributed by atoms with Crippen LogP contribution in [0.4, 0.5) is 0 Å². The molecule has 2 heterocycles. The average molecular weight is 188 g/mol. The monoisotopic (exact) mass is 188 g/mol. The van der Waals surface area contributed by atoms with Crippen LogP contribution in [0.2, 0.25) is 0 Å². The van der Waals surface area contributed by atoms with Gasteiger partial charge in [0.15, 0.2) is 0 Å². The average Bonchev–Trinajstić information content (AvgIpc) is 2.17. The lowest BCUT2D eigenvalue weighted by Gasteiger charge is -2.43. The highest BCUT2D eigenvalue weighted by Crippen LogP contribution is 2.20. The van der Waals surface area contributed by atoms with Crippen molar-refractivity contribution in [3.63, 3.8) is 0 Å². The third kappa shape index (κ3) is 1.62. The third-order valence-electron chi connectivity index (χ3n) is 2.75. The number of hydrogen-bond acceptors (Lipinski definition) is 4. The molecular formula is C8H16N2OS. The second kappa shape index (κ2) is 3.96. The molecule has 2 aliphatic heterocycles. The van der Waals surface area contributed by atoms with Gasteiger partial charge in [-0.3, -0.25) is 4.90 Å². The van der Waals surface area contributed by atoms with Crippen molar-refractivity contribution >= 4 is 11.8 Å². The van der Waals surface area contributed by atoms with Gasteiger partial charge in [-0.05, 0) is 0 Å². The van der Waals surface area contributed by atoms with Crippen molar-refractivity contribution in [1.82, 2.24) is 10.2 Å². The first-order chi connectivity index (χ1) is 5.92. The first-order valence-electron chi connectivity index (χ1n) is 4.58. The number of aliphatic hydroxyl groups excluding tert-OH is 1. The van der Waals surface area contributed by atoms with Crippen molar-refractivity contribution in [2.45, 2.75) is 12.1 Å². The van der Waals surface area contributed by atoms with Crippen LogP contribution >= 0.6 is 11.8 Å². The summed E-state index contributed by atoms with van der Waals surface area (Å²) in [6.07, 6.45) is 0. The summed E-state index contributed by atoms with van der Waals surface area (Å²) in [5.41, 5.74) is 0. The highest BCUT2D eigenvalue weighted by molar-refractivity contribution is 7.99. The van der Waals surface area contributed by atoms with E-state index in [1.165, 1.54) is 18.1 Å². The number of hydrogen-bond donors (Lipinski definition) is 2. The van der Waals surface area contributed by atoms with Gasteiger partial charge in [-0.2, -0.15) is 11.8 Å². The van der Waals surface area contributed by atoms with Crippen molar-refractivity contribution in [3.8, 4) is 0 Å². The third-order valence-corrected chi connectivity index (χ3v) is 3.80. The molecule has 0 aromatic rings. The van der Waals surface area contributed by atoms with E-state index >= 15 is 0 Å². The summed E-state index contributed by atoms with van der Waals surface area (Å²) in [6, 6.07) is 0.883. The summed E-state index contributed by atoms with van der Waals surface area (Å²) in [4.78, 5) is 2.51. The van der Waals surface area contributed by atoms with Gasteiger partial charge in [0.1, 0.15) is 0 Å². The smallest absolute Gasteiger partial charge is 0.0600 e. The summed E-state index contributed by atoms with van der Waals surface area (Å²) < 4.78 is 0. The molecule has 2 fully saturated rings. The zero-order chi connectivity index (χ0) is 8.39. The molecule has 2 saturated heterocycles. The maximum absolute atomic E-state index is 9.13. The number of nitrogens with zero attached hydrogens (tertiary/aromatic N) is 1. The molecule has 2 unspecified atom stereocenters. The molecule has 0 spiro atoms. The van der Waals surface area contributed by atoms with Crippen molar-refractivity contribution < 1.29 is 5.11 Å². The Morgan fingerprint density at radius 2 is 2.42 bits per heavy atom. The van der Waals surface area contributed by atoms with Gasteiger partial charge in [0, 0.05) is 43.2 Å². The molecule has 2 aliphatic rings. The second-order valence-electron chi connectivity index (χ2n) is 3.42. The molecule has 70 valence electrons. The minimum absolute atomic E-state index is 0.279. The Balaban J connectivity index is 1.99. The lowest BCUT2D eigenvalue weighted by molar-refractivity contribution is 0.0993. The van der Waals surface area contributed by atoms with Crippen molar-refractivity contribution in [1.29, 1.82) is 0 Å². The summed E-state index contributed by atoms with van der Waals surface area (Å²) in [7, 11) is 0. The molecule has 0 radical (unpaired) electrons. The van der Waals surface area contributed by atoms with E-state index in [0.29, 0.717) is 12.1 Å². The first kappa shape index (κ1) is 8.81. The Morgan fingerprint density at radius 1 is 1.50 bits per heavy atom. The summed E-state index contributed by atoms with van der Waals surface area (Å²) in [5.74, 6) is 2.44. The molecule has 0 aromatic heterocycles. The van der Waals surface area contributed by atoms with Gasteiger partial charge in [-0.25, -0.2) is 0 Å². The van der Waals surface area contributed by atoms with Gasteiger partial charge in [0.05, 0.1) is 6.61 Å². The molecule has 0 saturated carbocycles. The summed E-state index contributed by atoms with van der Waals surface area (Å²) in [6.45, 7) is 3.67. The number of fused-ring (bicyclic) bond motifs is 1. The maximum Gasteiger partial charge on any atom is 0.0600 e. The van der Waals surface area contributed by atoms with Gasteiger partial charge in [0.2, 0.25) is 0 Å². The number of thioether (sulfide) groups is 1. The predicted octanol–water partition coefficient (Wildman–Crippen LogP) is -0.632. The van der Waals surface area contributed by atoms with Gasteiger partial charge in [-0.15, -0.1) is 0 Å². The van der Waals surface area contributed by atoms with E-state index in [1.54, 1.807) is 0 Å². The van der Waals surface area contributed by atoms with Crippen LogP contribution in [0.1, 0.15) is 0 Å². The number of rotatable bonds is 1. The van der Waals surface area contributed by atoms with Gasteiger partial charge >= 0.3 is 0 Å². The van der Waals surface area contributed by atoms with E-state index in [-0.39, 0.29) is 6.61 Å². The van der Waals surface area contributed by atoms with Crippen LogP contribution in [0.15, 0.2) is 0 Å². The lowest BCUT2D eigenvalue weighted by Crippen LogP contribution is -2.62. The highest BCUT2D eigenvalue weighted by Gasteiger charge is 2.32. The minimum atomic E-state index is 0.279. The molecule has 2 N–H and O–H groups in total. The fourth-order valence-corrected chi connectivity index (χ4v) is 3.24. The Morgan fingerprint density at radius 3 is 3.25 bits per heavy atom. The Labute approximate surface area is 77.5 Å². The topological polar surface area (TPSA) is 35.5 Å². The van der Waals surface area contributed by atoms with E-state index in [4.69, 9.17) is 5.11 Å². The van der Waals surface area contributed by atoms with Gasteiger partial charge in [0.25, 0.3) is 0 Å². The molecule has 0 bridgehead atoms. The van der Waals surface area contributed by atoms with Crippen LogP contribution in [-0.2, 0) is 0 Å². The molecule has 12 heavy (non-hydrogen) atoms. The van der Waals surface area contributed by atoms with Crippen LogP contribution in [0.25, 0.3) is 0 Å². The van der Waals surface area contributed by atoms with Crippen LogP contribution in [0, 0.1) is 0 Å². The predicted molar refractivity (Wildman–Crippen MR) is 51.6 cm³/mol. The van der Waals surface area contributed by atoms with E-state index < -0.39 is 0 Å². The quantitative estimate of drug-likeness (QED) is 0.574. The molecule has 4 heteroatoms. The zero-order valence-electron chi connectivity index (χ0n) is 7.20. The molecule has 3 nitrogen and oxygen atoms in total. The molecular weight excluding hydrogens is 172 g/mol.